The summed E-state index contributed by atoms with van der Waals surface area (Å²) in [5.41, 5.74) is 0. The van der Waals surface area contributed by atoms with Gasteiger partial charge in [-0.3, -0.25) is 4.79 Å². The maximum absolute atomic E-state index is 11.5. The Morgan fingerprint density at radius 3 is 2.40 bits per heavy atom. The smallest absolute Gasteiger partial charge is 0.308 e. The average Bonchev–Trinajstić information content (AvgIpc) is 2.81. The van der Waals surface area contributed by atoms with Crippen LogP contribution in [-0.2, 0) is 23.3 Å². The Kier molecular flexibility index (Phi) is 11.4. The number of carbonyl (C=O) groups is 1. The predicted molar refractivity (Wildman–Crippen MR) is 74.3 cm³/mol. The fraction of sp³-hybridized carbons (Fsp3) is 0.733. The summed E-state index contributed by atoms with van der Waals surface area (Å²) in [5, 5.41) is 0. The molecule has 5 heteroatoms. The van der Waals surface area contributed by atoms with Crippen molar-refractivity contribution >= 4 is 5.97 Å². The molecule has 0 radical (unpaired) electrons. The third kappa shape index (κ3) is 9.13. The Hall–Kier alpha value is -0.840. The van der Waals surface area contributed by atoms with Crippen molar-refractivity contribution in [3.8, 4) is 0 Å². The van der Waals surface area contributed by atoms with Crippen LogP contribution in [0.2, 0.25) is 0 Å². The van der Waals surface area contributed by atoms with Crippen molar-refractivity contribution in [2.24, 2.45) is 7.05 Å². The summed E-state index contributed by atoms with van der Waals surface area (Å²) in [7, 11) is 1.94. The number of aromatic nitrogens is 2. The van der Waals surface area contributed by atoms with Crippen LogP contribution in [0.3, 0.4) is 0 Å². The Labute approximate surface area is 132 Å². The highest BCUT2D eigenvalue weighted by molar-refractivity contribution is 5.68. The molecular weight excluding hydrogens is 320 g/mol. The zero-order valence-electron chi connectivity index (χ0n) is 12.7. The molecule has 0 atom stereocenters. The number of esters is 1. The number of ether oxygens (including phenoxy) is 1. The van der Waals surface area contributed by atoms with Crippen molar-refractivity contribution in [1.29, 1.82) is 0 Å². The number of aryl methyl sites for hydroxylation is 1. The molecule has 0 aromatic carbocycles. The highest BCUT2D eigenvalue weighted by Gasteiger charge is 2.05. The molecule has 0 aliphatic heterocycles. The molecule has 0 aliphatic rings. The van der Waals surface area contributed by atoms with E-state index in [1.807, 2.05) is 34.9 Å². The molecule has 0 aliphatic carbocycles. The molecule has 0 spiro atoms. The third-order valence-corrected chi connectivity index (χ3v) is 3.18. The van der Waals surface area contributed by atoms with Gasteiger partial charge in [-0.15, -0.1) is 0 Å². The summed E-state index contributed by atoms with van der Waals surface area (Å²) in [4.78, 5) is 11.5. The van der Waals surface area contributed by atoms with Crippen LogP contribution in [0.5, 0.6) is 0 Å². The van der Waals surface area contributed by atoms with Gasteiger partial charge in [-0.2, -0.15) is 0 Å². The second kappa shape index (κ2) is 11.9. The van der Waals surface area contributed by atoms with Gasteiger partial charge in [-0.1, -0.05) is 45.4 Å². The first-order valence-corrected chi connectivity index (χ1v) is 7.39. The number of carbonyl (C=O) groups excluding carboxylic acids is 1. The molecule has 1 aromatic rings. The maximum Gasteiger partial charge on any atom is 0.308 e. The number of unbranched alkanes of at least 4 members (excludes halogenated alkanes) is 6. The fourth-order valence-corrected chi connectivity index (χ4v) is 2.02. The second-order valence-corrected chi connectivity index (χ2v) is 5.11. The van der Waals surface area contributed by atoms with Gasteiger partial charge >= 0.3 is 5.97 Å². The first-order chi connectivity index (χ1) is 9.22. The number of rotatable bonds is 10. The molecule has 0 N–H and O–H groups in total. The van der Waals surface area contributed by atoms with E-state index in [9.17, 15) is 4.79 Å². The molecule has 0 unspecified atom stereocenters. The Morgan fingerprint density at radius 2 is 1.80 bits per heavy atom. The lowest BCUT2D eigenvalue weighted by Crippen LogP contribution is -3.00. The highest BCUT2D eigenvalue weighted by Crippen LogP contribution is 2.08. The fourth-order valence-electron chi connectivity index (χ4n) is 2.02. The minimum Gasteiger partial charge on any atom is -1.00 e. The van der Waals surface area contributed by atoms with Gasteiger partial charge in [0.2, 0.25) is 13.1 Å². The zero-order chi connectivity index (χ0) is 13.9. The van der Waals surface area contributed by atoms with Crippen molar-refractivity contribution in [2.45, 2.75) is 65.0 Å². The van der Waals surface area contributed by atoms with E-state index in [2.05, 4.69) is 6.92 Å². The lowest BCUT2D eigenvalue weighted by Gasteiger charge is -2.02. The van der Waals surface area contributed by atoms with Gasteiger partial charge in [0.05, 0.1) is 7.05 Å². The van der Waals surface area contributed by atoms with E-state index in [1.165, 1.54) is 32.1 Å². The molecule has 0 saturated carbocycles. The highest BCUT2D eigenvalue weighted by atomic mass is 79.9. The lowest BCUT2D eigenvalue weighted by molar-refractivity contribution is -0.727. The van der Waals surface area contributed by atoms with Crippen molar-refractivity contribution in [3.05, 3.63) is 18.7 Å². The van der Waals surface area contributed by atoms with Gasteiger partial charge < -0.3 is 21.7 Å². The second-order valence-electron chi connectivity index (χ2n) is 5.11. The molecule has 1 aromatic heterocycles. The minimum absolute atomic E-state index is 0. The van der Waals surface area contributed by atoms with E-state index < -0.39 is 0 Å². The number of hydrogen-bond acceptors (Lipinski definition) is 2. The standard InChI is InChI=1S/C15H27N2O2.BrH/c1-3-4-5-6-7-8-9-10-15(18)19-14-17-12-11-16(2)13-17;/h11-13H,3-10,14H2,1-2H3;1H/q+1;/p-1. The van der Waals surface area contributed by atoms with E-state index >= 15 is 0 Å². The van der Waals surface area contributed by atoms with Crippen LogP contribution < -0.4 is 21.5 Å². The molecule has 0 fully saturated rings. The van der Waals surface area contributed by atoms with E-state index in [-0.39, 0.29) is 23.0 Å². The van der Waals surface area contributed by atoms with Gasteiger partial charge in [0.15, 0.2) is 0 Å². The molecular formula is C15H27BrN2O2. The van der Waals surface area contributed by atoms with E-state index in [0.29, 0.717) is 13.2 Å². The molecule has 0 amide bonds. The van der Waals surface area contributed by atoms with Crippen molar-refractivity contribution in [1.82, 2.24) is 4.57 Å². The quantitative estimate of drug-likeness (QED) is 0.338. The monoisotopic (exact) mass is 346 g/mol. The number of halogens is 1. The molecule has 1 heterocycles. The summed E-state index contributed by atoms with van der Waals surface area (Å²) in [6.07, 6.45) is 14.8. The van der Waals surface area contributed by atoms with Crippen LogP contribution in [0.1, 0.15) is 58.3 Å². The van der Waals surface area contributed by atoms with E-state index in [0.717, 1.165) is 12.8 Å². The first kappa shape index (κ1) is 19.2. The topological polar surface area (TPSA) is 35.1 Å². The van der Waals surface area contributed by atoms with Crippen LogP contribution in [0, 0.1) is 0 Å². The van der Waals surface area contributed by atoms with Gasteiger partial charge in [0.1, 0.15) is 12.4 Å². The Bertz CT molecular complexity index is 367. The zero-order valence-corrected chi connectivity index (χ0v) is 14.3. The summed E-state index contributed by atoms with van der Waals surface area (Å²) >= 11 is 0. The summed E-state index contributed by atoms with van der Waals surface area (Å²) in [6, 6.07) is 0. The van der Waals surface area contributed by atoms with Crippen LogP contribution in [0.4, 0.5) is 0 Å². The summed E-state index contributed by atoms with van der Waals surface area (Å²) in [5.74, 6) is -0.0927. The normalized spacial score (nSPS) is 10.1. The summed E-state index contributed by atoms with van der Waals surface area (Å²) in [6.45, 7) is 2.54. The Balaban J connectivity index is 0.00000361. The minimum atomic E-state index is -0.0927. The maximum atomic E-state index is 11.5. The number of imidazole rings is 1. The average molecular weight is 347 g/mol. The summed E-state index contributed by atoms with van der Waals surface area (Å²) < 4.78 is 8.97. The number of hydrogen-bond donors (Lipinski definition) is 0. The predicted octanol–water partition coefficient (Wildman–Crippen LogP) is -0.0420. The lowest BCUT2D eigenvalue weighted by atomic mass is 10.1. The number of nitrogens with zero attached hydrogens (tertiary/aromatic N) is 2. The SMILES string of the molecule is CCCCCCCCCC(=O)OC[n+]1ccn(C)c1.[Br-]. The van der Waals surface area contributed by atoms with Crippen LogP contribution in [0.15, 0.2) is 18.7 Å². The molecule has 20 heavy (non-hydrogen) atoms. The molecule has 116 valence electrons. The molecule has 4 nitrogen and oxygen atoms in total. The van der Waals surface area contributed by atoms with Crippen LogP contribution in [-0.4, -0.2) is 10.5 Å². The largest absolute Gasteiger partial charge is 1.00 e. The van der Waals surface area contributed by atoms with Gasteiger partial charge in [0.25, 0.3) is 0 Å². The van der Waals surface area contributed by atoms with E-state index in [1.54, 1.807) is 0 Å². The molecule has 1 rings (SSSR count). The first-order valence-electron chi connectivity index (χ1n) is 7.39. The molecule has 0 saturated heterocycles. The van der Waals surface area contributed by atoms with Crippen molar-refractivity contribution in [3.63, 3.8) is 0 Å². The van der Waals surface area contributed by atoms with Gasteiger partial charge in [0, 0.05) is 6.42 Å². The van der Waals surface area contributed by atoms with Crippen LogP contribution in [0.25, 0.3) is 0 Å². The van der Waals surface area contributed by atoms with E-state index in [4.69, 9.17) is 4.74 Å². The van der Waals surface area contributed by atoms with Crippen molar-refractivity contribution < 1.29 is 31.1 Å². The van der Waals surface area contributed by atoms with Crippen LogP contribution >= 0.6 is 0 Å². The molecule has 0 bridgehead atoms. The van der Waals surface area contributed by atoms with Gasteiger partial charge in [-0.05, 0) is 6.42 Å². The van der Waals surface area contributed by atoms with Crippen molar-refractivity contribution in [2.75, 3.05) is 0 Å². The Morgan fingerprint density at radius 1 is 1.15 bits per heavy atom. The third-order valence-electron chi connectivity index (χ3n) is 3.18. The van der Waals surface area contributed by atoms with Gasteiger partial charge in [-0.25, -0.2) is 9.13 Å².